The number of carbonyl (C=O) groups excluding carboxylic acids is 1. The molecule has 0 spiro atoms. The molecule has 25 heavy (non-hydrogen) atoms. The summed E-state index contributed by atoms with van der Waals surface area (Å²) in [7, 11) is 1.43. The zero-order chi connectivity index (χ0) is 18.4. The van der Waals surface area contributed by atoms with Gasteiger partial charge in [0.05, 0.1) is 17.7 Å². The van der Waals surface area contributed by atoms with E-state index in [2.05, 4.69) is 15.5 Å². The number of methoxy groups -OCH3 is 1. The van der Waals surface area contributed by atoms with E-state index in [4.69, 9.17) is 9.26 Å². The molecule has 1 aromatic heterocycles. The number of hydrogen-bond acceptors (Lipinski definition) is 7. The molecule has 0 unspecified atom stereocenters. The predicted octanol–water partition coefficient (Wildman–Crippen LogP) is 3.07. The zero-order valence-corrected chi connectivity index (χ0v) is 14.3. The summed E-state index contributed by atoms with van der Waals surface area (Å²) < 4.78 is 10.2. The van der Waals surface area contributed by atoms with Crippen molar-refractivity contribution in [3.05, 3.63) is 40.0 Å². The number of nitrogens with zero attached hydrogens (tertiary/aromatic N) is 3. The Morgan fingerprint density at radius 2 is 2.20 bits per heavy atom. The topological polar surface area (TPSA) is 120 Å². The number of anilines is 1. The molecule has 1 aromatic carbocycles. The van der Waals surface area contributed by atoms with Crippen molar-refractivity contribution >= 4 is 17.3 Å². The summed E-state index contributed by atoms with van der Waals surface area (Å²) in [6.45, 7) is 3.93. The Bertz CT molecular complexity index is 757. The number of hydrogen-bond donors (Lipinski definition) is 1. The molecule has 0 bridgehead atoms. The van der Waals surface area contributed by atoms with Gasteiger partial charge in [-0.2, -0.15) is 4.98 Å². The first-order valence-corrected chi connectivity index (χ1v) is 7.85. The molecule has 0 fully saturated rings. The molecule has 9 nitrogen and oxygen atoms in total. The van der Waals surface area contributed by atoms with E-state index in [9.17, 15) is 14.9 Å². The van der Waals surface area contributed by atoms with Crippen molar-refractivity contribution in [1.29, 1.82) is 0 Å². The van der Waals surface area contributed by atoms with E-state index in [1.54, 1.807) is 0 Å². The van der Waals surface area contributed by atoms with E-state index in [0.717, 1.165) is 0 Å². The minimum atomic E-state index is -0.531. The molecule has 1 N–H and O–H groups in total. The Hall–Kier alpha value is -2.97. The van der Waals surface area contributed by atoms with Crippen LogP contribution in [0.5, 0.6) is 5.75 Å². The van der Waals surface area contributed by atoms with Gasteiger partial charge in [-0.25, -0.2) is 0 Å². The van der Waals surface area contributed by atoms with E-state index in [1.807, 2.05) is 13.8 Å². The summed E-state index contributed by atoms with van der Waals surface area (Å²) >= 11 is 0. The molecular weight excluding hydrogens is 328 g/mol. The van der Waals surface area contributed by atoms with Gasteiger partial charge in [-0.3, -0.25) is 14.9 Å². The van der Waals surface area contributed by atoms with E-state index < -0.39 is 4.92 Å². The zero-order valence-electron chi connectivity index (χ0n) is 14.3. The van der Waals surface area contributed by atoms with Crippen LogP contribution in [0.25, 0.3) is 0 Å². The monoisotopic (exact) mass is 348 g/mol. The average Bonchev–Trinajstić information content (AvgIpc) is 3.04. The Morgan fingerprint density at radius 3 is 2.80 bits per heavy atom. The lowest BCUT2D eigenvalue weighted by Crippen LogP contribution is -2.12. The minimum Gasteiger partial charge on any atom is -0.495 e. The number of nitro groups is 1. The van der Waals surface area contributed by atoms with Gasteiger partial charge in [0.15, 0.2) is 5.82 Å². The normalized spacial score (nSPS) is 10.7. The van der Waals surface area contributed by atoms with E-state index in [1.165, 1.54) is 25.3 Å². The van der Waals surface area contributed by atoms with Crippen molar-refractivity contribution in [2.45, 2.75) is 39.0 Å². The van der Waals surface area contributed by atoms with Gasteiger partial charge in [0.25, 0.3) is 5.69 Å². The standard InChI is InChI=1S/C16H20N4O5/c1-10(2)16-18-15(25-19-16)6-4-5-14(21)17-12-9-11(20(22)23)7-8-13(12)24-3/h7-10H,4-6H2,1-3H3,(H,17,21). The van der Waals surface area contributed by atoms with Crippen LogP contribution in [0, 0.1) is 10.1 Å². The fourth-order valence-corrected chi connectivity index (χ4v) is 2.12. The molecule has 0 atom stereocenters. The van der Waals surface area contributed by atoms with Crippen LogP contribution in [0.2, 0.25) is 0 Å². The van der Waals surface area contributed by atoms with Gasteiger partial charge in [0.1, 0.15) is 5.75 Å². The molecule has 2 rings (SSSR count). The van der Waals surface area contributed by atoms with Gasteiger partial charge in [0.2, 0.25) is 11.8 Å². The summed E-state index contributed by atoms with van der Waals surface area (Å²) in [6.07, 6.45) is 1.22. The van der Waals surface area contributed by atoms with Crippen molar-refractivity contribution in [3.63, 3.8) is 0 Å². The van der Waals surface area contributed by atoms with Crippen LogP contribution in [-0.4, -0.2) is 28.1 Å². The highest BCUT2D eigenvalue weighted by Crippen LogP contribution is 2.29. The van der Waals surface area contributed by atoms with E-state index in [0.29, 0.717) is 30.3 Å². The number of aryl methyl sites for hydroxylation is 1. The molecule has 2 aromatic rings. The quantitative estimate of drug-likeness (QED) is 0.575. The minimum absolute atomic E-state index is 0.122. The lowest BCUT2D eigenvalue weighted by Gasteiger charge is -2.09. The predicted molar refractivity (Wildman–Crippen MR) is 89.6 cm³/mol. The Morgan fingerprint density at radius 1 is 1.44 bits per heavy atom. The maximum atomic E-state index is 12.1. The number of benzene rings is 1. The highest BCUT2D eigenvalue weighted by Gasteiger charge is 2.14. The van der Waals surface area contributed by atoms with E-state index in [-0.39, 0.29) is 29.6 Å². The van der Waals surface area contributed by atoms with Crippen molar-refractivity contribution < 1.29 is 19.0 Å². The van der Waals surface area contributed by atoms with E-state index >= 15 is 0 Å². The summed E-state index contributed by atoms with van der Waals surface area (Å²) in [5, 5.41) is 17.3. The summed E-state index contributed by atoms with van der Waals surface area (Å²) in [4.78, 5) is 26.6. The summed E-state index contributed by atoms with van der Waals surface area (Å²) in [5.41, 5.74) is 0.143. The maximum absolute atomic E-state index is 12.1. The maximum Gasteiger partial charge on any atom is 0.271 e. The van der Waals surface area contributed by atoms with Crippen molar-refractivity contribution in [1.82, 2.24) is 10.1 Å². The number of ether oxygens (including phenoxy) is 1. The Labute approximate surface area is 144 Å². The number of rotatable bonds is 8. The van der Waals surface area contributed by atoms with Gasteiger partial charge in [0, 0.05) is 30.9 Å². The van der Waals surface area contributed by atoms with Crippen LogP contribution < -0.4 is 10.1 Å². The molecule has 0 aliphatic carbocycles. The fourth-order valence-electron chi connectivity index (χ4n) is 2.12. The highest BCUT2D eigenvalue weighted by atomic mass is 16.6. The lowest BCUT2D eigenvalue weighted by molar-refractivity contribution is -0.384. The van der Waals surface area contributed by atoms with Gasteiger partial charge in [-0.1, -0.05) is 19.0 Å². The smallest absolute Gasteiger partial charge is 0.271 e. The molecule has 0 saturated heterocycles. The highest BCUT2D eigenvalue weighted by molar-refractivity contribution is 5.92. The number of non-ortho nitro benzene ring substituents is 1. The second-order valence-electron chi connectivity index (χ2n) is 5.74. The second-order valence-corrected chi connectivity index (χ2v) is 5.74. The van der Waals surface area contributed by atoms with Gasteiger partial charge >= 0.3 is 0 Å². The van der Waals surface area contributed by atoms with Crippen molar-refractivity contribution in [2.24, 2.45) is 0 Å². The van der Waals surface area contributed by atoms with Crippen LogP contribution >= 0.6 is 0 Å². The van der Waals surface area contributed by atoms with Crippen molar-refractivity contribution in [3.8, 4) is 5.75 Å². The number of nitro benzene ring substituents is 1. The molecule has 1 amide bonds. The first kappa shape index (κ1) is 18.4. The van der Waals surface area contributed by atoms with Crippen LogP contribution in [-0.2, 0) is 11.2 Å². The first-order chi connectivity index (χ1) is 11.9. The van der Waals surface area contributed by atoms with Crippen LogP contribution in [0.15, 0.2) is 22.7 Å². The Balaban J connectivity index is 1.91. The largest absolute Gasteiger partial charge is 0.495 e. The first-order valence-electron chi connectivity index (χ1n) is 7.85. The average molecular weight is 348 g/mol. The van der Waals surface area contributed by atoms with Gasteiger partial charge in [-0.05, 0) is 12.5 Å². The number of aromatic nitrogens is 2. The molecule has 1 heterocycles. The molecule has 134 valence electrons. The molecular formula is C16H20N4O5. The second kappa shape index (κ2) is 8.22. The summed E-state index contributed by atoms with van der Waals surface area (Å²) in [6, 6.07) is 4.03. The number of carbonyl (C=O) groups is 1. The third kappa shape index (κ3) is 5.00. The summed E-state index contributed by atoms with van der Waals surface area (Å²) in [5.74, 6) is 1.40. The number of nitrogens with one attached hydrogen (secondary N) is 1. The molecule has 0 radical (unpaired) electrons. The van der Waals surface area contributed by atoms with Gasteiger partial charge < -0.3 is 14.6 Å². The fraction of sp³-hybridized carbons (Fsp3) is 0.438. The lowest BCUT2D eigenvalue weighted by atomic mass is 10.2. The molecule has 0 saturated carbocycles. The Kier molecular flexibility index (Phi) is 6.04. The van der Waals surface area contributed by atoms with Gasteiger partial charge in [-0.15, -0.1) is 0 Å². The van der Waals surface area contributed by atoms with Crippen LogP contribution in [0.1, 0.15) is 44.3 Å². The van der Waals surface area contributed by atoms with Crippen molar-refractivity contribution in [2.75, 3.05) is 12.4 Å². The van der Waals surface area contributed by atoms with Crippen LogP contribution in [0.3, 0.4) is 0 Å². The molecule has 9 heteroatoms. The third-order valence-electron chi connectivity index (χ3n) is 3.46. The SMILES string of the molecule is COc1ccc([N+](=O)[O-])cc1NC(=O)CCCc1nc(C(C)C)no1. The molecule has 0 aliphatic rings. The molecule has 0 aliphatic heterocycles. The van der Waals surface area contributed by atoms with Crippen LogP contribution in [0.4, 0.5) is 11.4 Å². The third-order valence-corrected chi connectivity index (χ3v) is 3.46. The number of amides is 1.